The molecule has 2 aromatic heterocycles. The summed E-state index contributed by atoms with van der Waals surface area (Å²) in [6.07, 6.45) is 0.464. The molecular formula is C21H25BrN4O2S. The molecule has 1 aliphatic rings. The van der Waals surface area contributed by atoms with Crippen molar-refractivity contribution in [1.82, 2.24) is 14.5 Å². The molecule has 1 N–H and O–H groups in total. The number of nitrogens with zero attached hydrogens (tertiary/aromatic N) is 3. The lowest BCUT2D eigenvalue weighted by atomic mass is 10.2. The molecule has 1 saturated heterocycles. The average molecular weight is 477 g/mol. The number of halogens is 1. The van der Waals surface area contributed by atoms with Crippen molar-refractivity contribution in [2.75, 3.05) is 18.4 Å². The molecule has 2 unspecified atom stereocenters. The first-order chi connectivity index (χ1) is 13.9. The van der Waals surface area contributed by atoms with Gasteiger partial charge < -0.3 is 14.6 Å². The van der Waals surface area contributed by atoms with Gasteiger partial charge in [0.2, 0.25) is 5.91 Å². The lowest BCUT2D eigenvalue weighted by Crippen LogP contribution is -2.44. The summed E-state index contributed by atoms with van der Waals surface area (Å²) in [5, 5.41) is 6.74. The number of carbonyl (C=O) groups excluding carboxylic acids is 1. The van der Waals surface area contributed by atoms with Gasteiger partial charge in [0.1, 0.15) is 6.54 Å². The average Bonchev–Trinajstić information content (AvgIpc) is 3.19. The minimum atomic E-state index is -0.0733. The van der Waals surface area contributed by atoms with Crippen LogP contribution < -0.4 is 5.32 Å². The number of nitrogens with one attached hydrogen (secondary N) is 1. The first-order valence-corrected chi connectivity index (χ1v) is 11.4. The standard InChI is InChI=1S/C21H25BrN4O2S/c1-13-8-25(9-14(2)28-13)10-16-12-29-21(23-16)24-19(27)11-26-15(3)20(22)17-6-4-5-7-18(17)26/h4-7,12-14H,8-11H2,1-3H3,(H,23,24,27). The Morgan fingerprint density at radius 2 is 2.03 bits per heavy atom. The first kappa shape index (κ1) is 20.5. The van der Waals surface area contributed by atoms with Gasteiger partial charge in [0.25, 0.3) is 0 Å². The number of anilines is 1. The number of thiazole rings is 1. The summed E-state index contributed by atoms with van der Waals surface area (Å²) >= 11 is 5.11. The highest BCUT2D eigenvalue weighted by molar-refractivity contribution is 9.10. The summed E-state index contributed by atoms with van der Waals surface area (Å²) in [5.74, 6) is -0.0733. The van der Waals surface area contributed by atoms with Crippen molar-refractivity contribution in [3.8, 4) is 0 Å². The number of benzene rings is 1. The van der Waals surface area contributed by atoms with Gasteiger partial charge in [-0.3, -0.25) is 9.69 Å². The molecule has 3 heterocycles. The first-order valence-electron chi connectivity index (χ1n) is 9.76. The number of amides is 1. The van der Waals surface area contributed by atoms with Crippen LogP contribution in [0.15, 0.2) is 34.1 Å². The number of aromatic nitrogens is 2. The van der Waals surface area contributed by atoms with Gasteiger partial charge in [0.05, 0.1) is 17.9 Å². The van der Waals surface area contributed by atoms with Crippen molar-refractivity contribution < 1.29 is 9.53 Å². The summed E-state index contributed by atoms with van der Waals surface area (Å²) < 4.78 is 8.85. The molecule has 3 aromatic rings. The number of para-hydroxylation sites is 1. The van der Waals surface area contributed by atoms with Crippen LogP contribution in [0.25, 0.3) is 10.9 Å². The van der Waals surface area contributed by atoms with Crippen LogP contribution in [0.1, 0.15) is 25.2 Å². The molecule has 8 heteroatoms. The van der Waals surface area contributed by atoms with Gasteiger partial charge in [-0.1, -0.05) is 18.2 Å². The molecule has 29 heavy (non-hydrogen) atoms. The third kappa shape index (κ3) is 4.55. The van der Waals surface area contributed by atoms with Crippen LogP contribution in [0.4, 0.5) is 5.13 Å². The topological polar surface area (TPSA) is 59.4 Å². The number of rotatable bonds is 5. The van der Waals surface area contributed by atoms with Crippen molar-refractivity contribution in [3.63, 3.8) is 0 Å². The third-order valence-electron chi connectivity index (χ3n) is 5.13. The molecule has 1 amide bonds. The van der Waals surface area contributed by atoms with E-state index in [4.69, 9.17) is 4.74 Å². The Labute approximate surface area is 183 Å². The maximum atomic E-state index is 12.7. The summed E-state index contributed by atoms with van der Waals surface area (Å²) in [4.78, 5) is 19.6. The van der Waals surface area contributed by atoms with Crippen LogP contribution in [0.3, 0.4) is 0 Å². The van der Waals surface area contributed by atoms with E-state index in [1.807, 2.05) is 35.1 Å². The van der Waals surface area contributed by atoms with Gasteiger partial charge in [-0.05, 0) is 42.8 Å². The van der Waals surface area contributed by atoms with Crippen LogP contribution >= 0.6 is 27.3 Å². The quantitative estimate of drug-likeness (QED) is 0.591. The molecule has 0 radical (unpaired) electrons. The fourth-order valence-electron chi connectivity index (χ4n) is 3.97. The van der Waals surface area contributed by atoms with E-state index in [-0.39, 0.29) is 24.7 Å². The zero-order valence-corrected chi connectivity index (χ0v) is 19.2. The number of morpholine rings is 1. The van der Waals surface area contributed by atoms with E-state index in [2.05, 4.69) is 51.0 Å². The lowest BCUT2D eigenvalue weighted by Gasteiger charge is -2.34. The second kappa shape index (κ2) is 8.55. The number of ether oxygens (including phenoxy) is 1. The van der Waals surface area contributed by atoms with Gasteiger partial charge in [-0.25, -0.2) is 4.98 Å². The van der Waals surface area contributed by atoms with Crippen molar-refractivity contribution >= 4 is 49.2 Å². The van der Waals surface area contributed by atoms with E-state index in [1.54, 1.807) is 0 Å². The van der Waals surface area contributed by atoms with Crippen LogP contribution in [-0.2, 0) is 22.6 Å². The normalized spacial score (nSPS) is 20.3. The van der Waals surface area contributed by atoms with Crippen molar-refractivity contribution in [2.45, 2.75) is 46.1 Å². The van der Waals surface area contributed by atoms with Gasteiger partial charge in [-0.2, -0.15) is 0 Å². The lowest BCUT2D eigenvalue weighted by molar-refractivity contribution is -0.116. The monoisotopic (exact) mass is 476 g/mol. The molecule has 1 aromatic carbocycles. The number of carbonyl (C=O) groups is 1. The molecular weight excluding hydrogens is 452 g/mol. The van der Waals surface area contributed by atoms with Crippen LogP contribution in [0.5, 0.6) is 0 Å². The highest BCUT2D eigenvalue weighted by Crippen LogP contribution is 2.30. The zero-order chi connectivity index (χ0) is 20.5. The van der Waals surface area contributed by atoms with Crippen LogP contribution in [-0.4, -0.2) is 45.7 Å². The van der Waals surface area contributed by atoms with Crippen molar-refractivity contribution in [1.29, 1.82) is 0 Å². The van der Waals surface area contributed by atoms with E-state index >= 15 is 0 Å². The molecule has 2 atom stereocenters. The molecule has 1 fully saturated rings. The van der Waals surface area contributed by atoms with E-state index in [1.165, 1.54) is 11.3 Å². The number of hydrogen-bond acceptors (Lipinski definition) is 5. The molecule has 0 saturated carbocycles. The number of fused-ring (bicyclic) bond motifs is 1. The van der Waals surface area contributed by atoms with E-state index in [0.29, 0.717) is 5.13 Å². The van der Waals surface area contributed by atoms with E-state index in [9.17, 15) is 4.79 Å². The Balaban J connectivity index is 1.41. The Morgan fingerprint density at radius 1 is 1.31 bits per heavy atom. The van der Waals surface area contributed by atoms with Gasteiger partial charge in [0, 0.05) is 46.1 Å². The Bertz CT molecular complexity index is 1020. The predicted molar refractivity (Wildman–Crippen MR) is 120 cm³/mol. The predicted octanol–water partition coefficient (Wildman–Crippen LogP) is 4.42. The maximum Gasteiger partial charge on any atom is 0.246 e. The molecule has 0 bridgehead atoms. The smallest absolute Gasteiger partial charge is 0.246 e. The second-order valence-electron chi connectivity index (χ2n) is 7.65. The van der Waals surface area contributed by atoms with Crippen LogP contribution in [0.2, 0.25) is 0 Å². The molecule has 4 rings (SSSR count). The highest BCUT2D eigenvalue weighted by atomic mass is 79.9. The van der Waals surface area contributed by atoms with Crippen molar-refractivity contribution in [2.24, 2.45) is 0 Å². The minimum absolute atomic E-state index is 0.0733. The fraction of sp³-hybridized carbons (Fsp3) is 0.429. The largest absolute Gasteiger partial charge is 0.373 e. The zero-order valence-electron chi connectivity index (χ0n) is 16.8. The van der Waals surface area contributed by atoms with Crippen molar-refractivity contribution in [3.05, 3.63) is 45.5 Å². The SMILES string of the molecule is Cc1c(Br)c2ccccc2n1CC(=O)Nc1nc(CN2CC(C)OC(C)C2)cs1. The summed E-state index contributed by atoms with van der Waals surface area (Å²) in [6.45, 7) is 9.05. The van der Waals surface area contributed by atoms with Gasteiger partial charge in [-0.15, -0.1) is 11.3 Å². The molecule has 0 spiro atoms. The third-order valence-corrected chi connectivity index (χ3v) is 6.94. The fourth-order valence-corrected chi connectivity index (χ4v) is 5.24. The molecule has 1 aliphatic heterocycles. The molecule has 0 aliphatic carbocycles. The van der Waals surface area contributed by atoms with E-state index in [0.717, 1.165) is 46.4 Å². The summed E-state index contributed by atoms with van der Waals surface area (Å²) in [6, 6.07) is 8.08. The highest BCUT2D eigenvalue weighted by Gasteiger charge is 2.23. The molecule has 154 valence electrons. The Kier molecular flexibility index (Phi) is 6.06. The number of hydrogen-bond donors (Lipinski definition) is 1. The summed E-state index contributed by atoms with van der Waals surface area (Å²) in [7, 11) is 0. The van der Waals surface area contributed by atoms with Gasteiger partial charge in [0.15, 0.2) is 5.13 Å². The van der Waals surface area contributed by atoms with Crippen LogP contribution in [0, 0.1) is 6.92 Å². The maximum absolute atomic E-state index is 12.7. The Hall–Kier alpha value is -1.74. The van der Waals surface area contributed by atoms with E-state index < -0.39 is 0 Å². The minimum Gasteiger partial charge on any atom is -0.373 e. The summed E-state index contributed by atoms with van der Waals surface area (Å²) in [5.41, 5.74) is 3.07. The van der Waals surface area contributed by atoms with Gasteiger partial charge >= 0.3 is 0 Å². The molecule has 6 nitrogen and oxygen atoms in total. The Morgan fingerprint density at radius 3 is 2.79 bits per heavy atom. The second-order valence-corrected chi connectivity index (χ2v) is 9.30.